The van der Waals surface area contributed by atoms with E-state index in [2.05, 4.69) is 22.3 Å². The zero-order valence-corrected chi connectivity index (χ0v) is 16.0. The Bertz CT molecular complexity index is 547. The van der Waals surface area contributed by atoms with Gasteiger partial charge in [-0.25, -0.2) is 0 Å². The maximum absolute atomic E-state index is 12.4. The molecule has 0 unspecified atom stereocenters. The number of nitrogens with one attached hydrogen (secondary N) is 1. The van der Waals surface area contributed by atoms with Gasteiger partial charge in [0.2, 0.25) is 0 Å². The standard InChI is InChI=1S/C22H34N2O2/c25-22(23-13-4-3-11-21-12-8-16-26-21)20-10-7-9-19(17-20)18-24-14-5-1-2-6-15-24/h7,9-10,17,21H,1-6,8,11-16,18H2,(H,23,25)/t21-/m0/s1. The van der Waals surface area contributed by atoms with Crippen molar-refractivity contribution in [1.82, 2.24) is 10.2 Å². The highest BCUT2D eigenvalue weighted by Crippen LogP contribution is 2.17. The third-order valence-corrected chi connectivity index (χ3v) is 5.56. The number of benzene rings is 1. The lowest BCUT2D eigenvalue weighted by Crippen LogP contribution is -2.26. The maximum Gasteiger partial charge on any atom is 0.251 e. The number of rotatable bonds is 8. The summed E-state index contributed by atoms with van der Waals surface area (Å²) in [6.45, 7) is 5.00. The monoisotopic (exact) mass is 358 g/mol. The molecule has 26 heavy (non-hydrogen) atoms. The van der Waals surface area contributed by atoms with Gasteiger partial charge in [-0.2, -0.15) is 0 Å². The second-order valence-corrected chi connectivity index (χ2v) is 7.78. The largest absolute Gasteiger partial charge is 0.378 e. The molecule has 2 heterocycles. The van der Waals surface area contributed by atoms with Gasteiger partial charge in [-0.15, -0.1) is 0 Å². The minimum atomic E-state index is 0.0554. The summed E-state index contributed by atoms with van der Waals surface area (Å²) in [5, 5.41) is 3.07. The first-order valence-electron chi connectivity index (χ1n) is 10.5. The molecule has 0 saturated carbocycles. The molecule has 1 atom stereocenters. The van der Waals surface area contributed by atoms with Crippen LogP contribution in [0.1, 0.15) is 73.7 Å². The van der Waals surface area contributed by atoms with Crippen LogP contribution in [0.2, 0.25) is 0 Å². The number of amides is 1. The molecular formula is C22H34N2O2. The second-order valence-electron chi connectivity index (χ2n) is 7.78. The van der Waals surface area contributed by atoms with Gasteiger partial charge >= 0.3 is 0 Å². The number of carbonyl (C=O) groups is 1. The Morgan fingerprint density at radius 1 is 1.12 bits per heavy atom. The van der Waals surface area contributed by atoms with Gasteiger partial charge in [-0.3, -0.25) is 9.69 Å². The molecule has 0 radical (unpaired) electrons. The van der Waals surface area contributed by atoms with Crippen molar-refractivity contribution in [2.75, 3.05) is 26.2 Å². The predicted molar refractivity (Wildman–Crippen MR) is 105 cm³/mol. The van der Waals surface area contributed by atoms with Crippen LogP contribution in [0.15, 0.2) is 24.3 Å². The first-order valence-corrected chi connectivity index (χ1v) is 10.5. The smallest absolute Gasteiger partial charge is 0.251 e. The summed E-state index contributed by atoms with van der Waals surface area (Å²) in [5.41, 5.74) is 2.04. The molecule has 0 aliphatic carbocycles. The van der Waals surface area contributed by atoms with Gasteiger partial charge in [-0.1, -0.05) is 25.0 Å². The molecule has 2 aliphatic rings. The van der Waals surface area contributed by atoms with Crippen molar-refractivity contribution in [2.45, 2.75) is 70.4 Å². The molecule has 2 fully saturated rings. The lowest BCUT2D eigenvalue weighted by molar-refractivity contribution is 0.0947. The van der Waals surface area contributed by atoms with Crippen LogP contribution in [-0.4, -0.2) is 43.2 Å². The topological polar surface area (TPSA) is 41.6 Å². The molecule has 1 amide bonds. The molecular weight excluding hydrogens is 324 g/mol. The molecule has 4 nitrogen and oxygen atoms in total. The van der Waals surface area contributed by atoms with E-state index in [0.717, 1.165) is 44.5 Å². The van der Waals surface area contributed by atoms with E-state index in [9.17, 15) is 4.79 Å². The summed E-state index contributed by atoms with van der Waals surface area (Å²) in [5.74, 6) is 0.0554. The Hall–Kier alpha value is -1.39. The first kappa shape index (κ1) is 19.4. The van der Waals surface area contributed by atoms with Crippen LogP contribution in [0.5, 0.6) is 0 Å². The van der Waals surface area contributed by atoms with Crippen molar-refractivity contribution in [3.05, 3.63) is 35.4 Å². The number of ether oxygens (including phenoxy) is 1. The van der Waals surface area contributed by atoms with Crippen molar-refractivity contribution < 1.29 is 9.53 Å². The summed E-state index contributed by atoms with van der Waals surface area (Å²) in [6.07, 6.45) is 11.4. The van der Waals surface area contributed by atoms with Crippen molar-refractivity contribution in [3.8, 4) is 0 Å². The third-order valence-electron chi connectivity index (χ3n) is 5.56. The molecule has 2 aliphatic heterocycles. The van der Waals surface area contributed by atoms with Gasteiger partial charge in [0.15, 0.2) is 0 Å². The number of hydrogen-bond donors (Lipinski definition) is 1. The summed E-state index contributed by atoms with van der Waals surface area (Å²) >= 11 is 0. The predicted octanol–water partition coefficient (Wildman–Crippen LogP) is 4.14. The molecule has 1 aromatic carbocycles. The van der Waals surface area contributed by atoms with Crippen LogP contribution in [0.25, 0.3) is 0 Å². The molecule has 0 aromatic heterocycles. The van der Waals surface area contributed by atoms with E-state index in [0.29, 0.717) is 6.10 Å². The average Bonchev–Trinajstić information content (AvgIpc) is 3.05. The van der Waals surface area contributed by atoms with Crippen LogP contribution in [-0.2, 0) is 11.3 Å². The summed E-state index contributed by atoms with van der Waals surface area (Å²) in [6, 6.07) is 8.14. The fraction of sp³-hybridized carbons (Fsp3) is 0.682. The van der Waals surface area contributed by atoms with E-state index in [4.69, 9.17) is 4.74 Å². The molecule has 3 rings (SSSR count). The van der Waals surface area contributed by atoms with Crippen LogP contribution < -0.4 is 5.32 Å². The van der Waals surface area contributed by atoms with Crippen LogP contribution in [0.3, 0.4) is 0 Å². The van der Waals surface area contributed by atoms with Gasteiger partial charge in [0.25, 0.3) is 5.91 Å². The Labute approximate surface area is 158 Å². The third kappa shape index (κ3) is 6.40. The quantitative estimate of drug-likeness (QED) is 0.710. The fourth-order valence-electron chi connectivity index (χ4n) is 4.04. The molecule has 0 bridgehead atoms. The number of nitrogens with zero attached hydrogens (tertiary/aromatic N) is 1. The van der Waals surface area contributed by atoms with Gasteiger partial charge in [0.1, 0.15) is 0 Å². The van der Waals surface area contributed by atoms with E-state index in [1.54, 1.807) is 0 Å². The number of unbranched alkanes of at least 4 members (excludes halogenated alkanes) is 1. The lowest BCUT2D eigenvalue weighted by atomic mass is 10.1. The summed E-state index contributed by atoms with van der Waals surface area (Å²) in [4.78, 5) is 14.9. The molecule has 4 heteroatoms. The van der Waals surface area contributed by atoms with E-state index < -0.39 is 0 Å². The zero-order chi connectivity index (χ0) is 18.0. The molecule has 2 saturated heterocycles. The maximum atomic E-state index is 12.4. The first-order chi connectivity index (χ1) is 12.8. The number of carbonyl (C=O) groups excluding carboxylic acids is 1. The van der Waals surface area contributed by atoms with Gasteiger partial charge in [0.05, 0.1) is 6.10 Å². The molecule has 0 spiro atoms. The van der Waals surface area contributed by atoms with Crippen LogP contribution in [0.4, 0.5) is 0 Å². The van der Waals surface area contributed by atoms with E-state index >= 15 is 0 Å². The van der Waals surface area contributed by atoms with E-state index in [1.807, 2.05) is 12.1 Å². The second kappa shape index (κ2) is 10.7. The summed E-state index contributed by atoms with van der Waals surface area (Å²) in [7, 11) is 0. The highest BCUT2D eigenvalue weighted by molar-refractivity contribution is 5.94. The Morgan fingerprint density at radius 3 is 2.73 bits per heavy atom. The normalized spacial score (nSPS) is 21.5. The minimum Gasteiger partial charge on any atom is -0.378 e. The van der Waals surface area contributed by atoms with Crippen LogP contribution in [0, 0.1) is 0 Å². The van der Waals surface area contributed by atoms with Crippen molar-refractivity contribution >= 4 is 5.91 Å². The van der Waals surface area contributed by atoms with Crippen molar-refractivity contribution in [1.29, 1.82) is 0 Å². The average molecular weight is 359 g/mol. The molecule has 1 aromatic rings. The number of likely N-dealkylation sites (tertiary alicyclic amines) is 1. The SMILES string of the molecule is O=C(NCCCC[C@H]1CCCO1)c1cccc(CN2CCCCCC2)c1. The van der Waals surface area contributed by atoms with Crippen LogP contribution >= 0.6 is 0 Å². The van der Waals surface area contributed by atoms with Crippen molar-refractivity contribution in [3.63, 3.8) is 0 Å². The van der Waals surface area contributed by atoms with Gasteiger partial charge in [-0.05, 0) is 75.7 Å². The van der Waals surface area contributed by atoms with Gasteiger partial charge < -0.3 is 10.1 Å². The van der Waals surface area contributed by atoms with Crippen molar-refractivity contribution in [2.24, 2.45) is 0 Å². The van der Waals surface area contributed by atoms with Gasteiger partial charge in [0, 0.05) is 25.3 Å². The highest BCUT2D eigenvalue weighted by atomic mass is 16.5. The zero-order valence-electron chi connectivity index (χ0n) is 16.0. The van der Waals surface area contributed by atoms with E-state index in [1.165, 1.54) is 57.2 Å². The fourth-order valence-corrected chi connectivity index (χ4v) is 4.04. The molecule has 144 valence electrons. The molecule has 1 N–H and O–H groups in total. The lowest BCUT2D eigenvalue weighted by Gasteiger charge is -2.20. The van der Waals surface area contributed by atoms with E-state index in [-0.39, 0.29) is 5.91 Å². The Balaban J connectivity index is 1.39. The number of hydrogen-bond acceptors (Lipinski definition) is 3. The Morgan fingerprint density at radius 2 is 1.96 bits per heavy atom. The highest BCUT2D eigenvalue weighted by Gasteiger charge is 2.15. The minimum absolute atomic E-state index is 0.0554. The Kier molecular flexibility index (Phi) is 7.96. The summed E-state index contributed by atoms with van der Waals surface area (Å²) < 4.78 is 5.64.